The fourth-order valence-corrected chi connectivity index (χ4v) is 5.56. The van der Waals surface area contributed by atoms with Crippen molar-refractivity contribution in [3.8, 4) is 0 Å². The van der Waals surface area contributed by atoms with E-state index in [1.165, 1.54) is 10.4 Å². The third kappa shape index (κ3) is 5.04. The zero-order valence-corrected chi connectivity index (χ0v) is 18.3. The van der Waals surface area contributed by atoms with Crippen LogP contribution in [-0.4, -0.2) is 75.5 Å². The van der Waals surface area contributed by atoms with Gasteiger partial charge in [0.1, 0.15) is 0 Å². The van der Waals surface area contributed by atoms with Gasteiger partial charge in [-0.25, -0.2) is 8.42 Å². The Balaban J connectivity index is 0.00000280. The number of carbonyl (C=O) groups is 1. The molecule has 0 aliphatic carbocycles. The van der Waals surface area contributed by atoms with E-state index in [4.69, 9.17) is 4.74 Å². The Morgan fingerprint density at radius 1 is 1.21 bits per heavy atom. The minimum atomic E-state index is -3.65. The van der Waals surface area contributed by atoms with Crippen molar-refractivity contribution in [3.63, 3.8) is 0 Å². The van der Waals surface area contributed by atoms with Gasteiger partial charge in [-0.15, -0.1) is 12.4 Å². The van der Waals surface area contributed by atoms with Crippen LogP contribution in [0.3, 0.4) is 0 Å². The molecule has 1 N–H and O–H groups in total. The number of nitrogens with one attached hydrogen (secondary N) is 1. The van der Waals surface area contributed by atoms with E-state index in [1.807, 2.05) is 25.8 Å². The second-order valence-corrected chi connectivity index (χ2v) is 9.51. The second-order valence-electron chi connectivity index (χ2n) is 7.57. The molecule has 1 aromatic carbocycles. The van der Waals surface area contributed by atoms with Crippen LogP contribution >= 0.6 is 12.4 Å². The predicted molar refractivity (Wildman–Crippen MR) is 110 cm³/mol. The molecule has 1 amide bonds. The first-order chi connectivity index (χ1) is 12.8. The molecule has 0 bridgehead atoms. The van der Waals surface area contributed by atoms with Crippen LogP contribution in [0.1, 0.15) is 30.6 Å². The Hall–Kier alpha value is -1.19. The number of carbonyl (C=O) groups excluding carboxylic acids is 1. The minimum absolute atomic E-state index is 0. The Morgan fingerprint density at radius 2 is 1.89 bits per heavy atom. The molecule has 0 saturated carbocycles. The minimum Gasteiger partial charge on any atom is -0.373 e. The Bertz CT molecular complexity index is 779. The van der Waals surface area contributed by atoms with E-state index >= 15 is 0 Å². The van der Waals surface area contributed by atoms with Crippen LogP contribution in [0.25, 0.3) is 0 Å². The van der Waals surface area contributed by atoms with Gasteiger partial charge in [-0.3, -0.25) is 4.79 Å². The average Bonchev–Trinajstić information content (AvgIpc) is 3.09. The topological polar surface area (TPSA) is 79.0 Å². The number of rotatable bonds is 5. The number of nitrogens with zero attached hydrogens (tertiary/aromatic N) is 2. The highest BCUT2D eigenvalue weighted by Crippen LogP contribution is 2.24. The number of sulfonamides is 1. The first kappa shape index (κ1) is 23.1. The Labute approximate surface area is 173 Å². The lowest BCUT2D eigenvalue weighted by molar-refractivity contribution is -0.0440. The Kier molecular flexibility index (Phi) is 7.87. The zero-order valence-electron chi connectivity index (χ0n) is 16.6. The summed E-state index contributed by atoms with van der Waals surface area (Å²) in [6.07, 6.45) is 0.665. The number of likely N-dealkylation sites (tertiary alicyclic amines) is 1. The van der Waals surface area contributed by atoms with E-state index in [1.54, 1.807) is 18.2 Å². The number of amides is 1. The van der Waals surface area contributed by atoms with Crippen molar-refractivity contribution >= 4 is 28.3 Å². The molecule has 3 atom stereocenters. The molecule has 0 aromatic heterocycles. The lowest BCUT2D eigenvalue weighted by Crippen LogP contribution is -2.48. The molecule has 9 heteroatoms. The number of ether oxygens (including phenoxy) is 1. The largest absolute Gasteiger partial charge is 0.373 e. The van der Waals surface area contributed by atoms with Crippen LogP contribution in [-0.2, 0) is 14.8 Å². The van der Waals surface area contributed by atoms with E-state index < -0.39 is 10.0 Å². The summed E-state index contributed by atoms with van der Waals surface area (Å²) >= 11 is 0. The zero-order chi connectivity index (χ0) is 19.6. The molecule has 2 fully saturated rings. The smallest absolute Gasteiger partial charge is 0.253 e. The van der Waals surface area contributed by atoms with Crippen LogP contribution in [0.5, 0.6) is 0 Å². The van der Waals surface area contributed by atoms with Gasteiger partial charge in [-0.2, -0.15) is 4.31 Å². The van der Waals surface area contributed by atoms with Gasteiger partial charge in [-0.1, -0.05) is 6.07 Å². The SMILES string of the molecule is CNCC1CCN(C(=O)c2cccc(S(=O)(=O)N3CC(C)OC(C)C3)c2)C1.Cl. The summed E-state index contributed by atoms with van der Waals surface area (Å²) in [7, 11) is -1.75. The van der Waals surface area contributed by atoms with Crippen molar-refractivity contribution < 1.29 is 17.9 Å². The third-order valence-electron chi connectivity index (χ3n) is 5.17. The number of hydrogen-bond donors (Lipinski definition) is 1. The summed E-state index contributed by atoms with van der Waals surface area (Å²) < 4.78 is 33.2. The number of morpholine rings is 1. The summed E-state index contributed by atoms with van der Waals surface area (Å²) in [5.74, 6) is 0.344. The maximum atomic E-state index is 13.0. The van der Waals surface area contributed by atoms with Gasteiger partial charge >= 0.3 is 0 Å². The van der Waals surface area contributed by atoms with Crippen molar-refractivity contribution in [1.82, 2.24) is 14.5 Å². The summed E-state index contributed by atoms with van der Waals surface area (Å²) in [4.78, 5) is 14.8. The second kappa shape index (κ2) is 9.54. The van der Waals surface area contributed by atoms with E-state index in [0.717, 1.165) is 13.0 Å². The molecule has 0 spiro atoms. The monoisotopic (exact) mass is 431 g/mol. The molecule has 3 unspecified atom stereocenters. The van der Waals surface area contributed by atoms with Gasteiger partial charge in [0.2, 0.25) is 10.0 Å². The van der Waals surface area contributed by atoms with Gasteiger partial charge in [0.05, 0.1) is 17.1 Å². The normalized spacial score (nSPS) is 26.1. The molecule has 2 aliphatic rings. The average molecular weight is 432 g/mol. The summed E-state index contributed by atoms with van der Waals surface area (Å²) in [5.41, 5.74) is 0.426. The van der Waals surface area contributed by atoms with Crippen molar-refractivity contribution in [1.29, 1.82) is 0 Å². The fourth-order valence-electron chi connectivity index (χ4n) is 3.92. The van der Waals surface area contributed by atoms with Gasteiger partial charge in [-0.05, 0) is 58.0 Å². The lowest BCUT2D eigenvalue weighted by Gasteiger charge is -2.34. The van der Waals surface area contributed by atoms with Gasteiger partial charge in [0, 0.05) is 31.7 Å². The molecular formula is C19H30ClN3O4S. The molecule has 0 radical (unpaired) electrons. The Morgan fingerprint density at radius 3 is 2.54 bits per heavy atom. The van der Waals surface area contributed by atoms with E-state index in [-0.39, 0.29) is 35.4 Å². The van der Waals surface area contributed by atoms with Gasteiger partial charge in [0.25, 0.3) is 5.91 Å². The third-order valence-corrected chi connectivity index (χ3v) is 7.00. The van der Waals surface area contributed by atoms with Crippen LogP contribution in [0.4, 0.5) is 0 Å². The number of hydrogen-bond acceptors (Lipinski definition) is 5. The summed E-state index contributed by atoms with van der Waals surface area (Å²) in [6.45, 7) is 6.67. The molecule has 7 nitrogen and oxygen atoms in total. The first-order valence-electron chi connectivity index (χ1n) is 9.50. The summed E-state index contributed by atoms with van der Waals surface area (Å²) in [6, 6.07) is 6.41. The molecule has 3 rings (SSSR count). The van der Waals surface area contributed by atoms with Gasteiger partial charge < -0.3 is 15.0 Å². The maximum Gasteiger partial charge on any atom is 0.253 e. The van der Waals surface area contributed by atoms with Crippen molar-refractivity contribution in [3.05, 3.63) is 29.8 Å². The predicted octanol–water partition coefficient (Wildman–Crippen LogP) is 1.59. The van der Waals surface area contributed by atoms with E-state index in [2.05, 4.69) is 5.32 Å². The highest BCUT2D eigenvalue weighted by atomic mass is 35.5. The molecule has 2 aliphatic heterocycles. The van der Waals surface area contributed by atoms with Gasteiger partial charge in [0.15, 0.2) is 0 Å². The number of benzene rings is 1. The molecule has 2 heterocycles. The fraction of sp³-hybridized carbons (Fsp3) is 0.632. The number of halogens is 1. The molecule has 28 heavy (non-hydrogen) atoms. The quantitative estimate of drug-likeness (QED) is 0.765. The maximum absolute atomic E-state index is 13.0. The molecular weight excluding hydrogens is 402 g/mol. The molecule has 1 aromatic rings. The van der Waals surface area contributed by atoms with Crippen molar-refractivity contribution in [2.45, 2.75) is 37.4 Å². The lowest BCUT2D eigenvalue weighted by atomic mass is 10.1. The first-order valence-corrected chi connectivity index (χ1v) is 10.9. The van der Waals surface area contributed by atoms with Crippen LogP contribution < -0.4 is 5.32 Å². The highest BCUT2D eigenvalue weighted by Gasteiger charge is 2.33. The van der Waals surface area contributed by atoms with Crippen LogP contribution in [0.2, 0.25) is 0 Å². The van der Waals surface area contributed by atoms with E-state index in [9.17, 15) is 13.2 Å². The van der Waals surface area contributed by atoms with Crippen molar-refractivity contribution in [2.75, 3.05) is 39.8 Å². The van der Waals surface area contributed by atoms with Crippen LogP contribution in [0, 0.1) is 5.92 Å². The van der Waals surface area contributed by atoms with E-state index in [0.29, 0.717) is 37.7 Å². The standard InChI is InChI=1S/C19H29N3O4S.ClH/c1-14-11-22(12-15(2)26-14)27(24,25)18-6-4-5-17(9-18)19(23)21-8-7-16(13-21)10-20-3;/h4-6,9,14-16,20H,7-8,10-13H2,1-3H3;1H. The van der Waals surface area contributed by atoms with Crippen molar-refractivity contribution in [2.24, 2.45) is 5.92 Å². The van der Waals surface area contributed by atoms with Crippen LogP contribution in [0.15, 0.2) is 29.2 Å². The molecule has 158 valence electrons. The summed E-state index contributed by atoms with van der Waals surface area (Å²) in [5, 5.41) is 3.15. The molecule has 2 saturated heterocycles. The highest BCUT2D eigenvalue weighted by molar-refractivity contribution is 7.89.